The van der Waals surface area contributed by atoms with Crippen molar-refractivity contribution in [2.75, 3.05) is 38.2 Å². The summed E-state index contributed by atoms with van der Waals surface area (Å²) in [7, 11) is 0. The molecule has 0 atom stereocenters. The Morgan fingerprint density at radius 1 is 1.17 bits per heavy atom. The molecule has 108 valence electrons. The number of hydrogen-bond acceptors (Lipinski definition) is 3. The zero-order valence-corrected chi connectivity index (χ0v) is 13.4. The largest absolute Gasteiger partial charge is 0.314 e. The summed E-state index contributed by atoms with van der Waals surface area (Å²) >= 11 is 1.97. The van der Waals surface area contributed by atoms with Crippen molar-refractivity contribution < 1.29 is 0 Å². The maximum Gasteiger partial charge on any atom is 0.00914 e. The van der Waals surface area contributed by atoms with Gasteiger partial charge < -0.3 is 10.2 Å². The van der Waals surface area contributed by atoms with Crippen molar-refractivity contribution in [2.45, 2.75) is 52.0 Å². The smallest absolute Gasteiger partial charge is 0.00914 e. The number of nitrogens with zero attached hydrogens (tertiary/aromatic N) is 1. The van der Waals surface area contributed by atoms with Crippen LogP contribution in [-0.4, -0.2) is 49.1 Å². The third kappa shape index (κ3) is 7.65. The van der Waals surface area contributed by atoms with Gasteiger partial charge in [0.1, 0.15) is 0 Å². The highest BCUT2D eigenvalue weighted by Crippen LogP contribution is 2.12. The number of thioether (sulfide) groups is 1. The summed E-state index contributed by atoms with van der Waals surface area (Å²) in [6.45, 7) is 9.73. The van der Waals surface area contributed by atoms with Crippen LogP contribution < -0.4 is 5.32 Å². The third-order valence-corrected chi connectivity index (χ3v) is 4.37. The van der Waals surface area contributed by atoms with Crippen LogP contribution in [0.15, 0.2) is 0 Å². The van der Waals surface area contributed by atoms with Crippen LogP contribution in [0.5, 0.6) is 0 Å². The first-order chi connectivity index (χ1) is 8.72. The maximum absolute atomic E-state index is 3.74. The second-order valence-electron chi connectivity index (χ2n) is 5.98. The van der Waals surface area contributed by atoms with Gasteiger partial charge in [-0.25, -0.2) is 0 Å². The van der Waals surface area contributed by atoms with E-state index in [9.17, 15) is 0 Å². The molecule has 1 aliphatic heterocycles. The molecule has 1 N–H and O–H groups in total. The molecule has 0 bridgehead atoms. The average molecular weight is 273 g/mol. The van der Waals surface area contributed by atoms with E-state index < -0.39 is 0 Å². The van der Waals surface area contributed by atoms with Gasteiger partial charge in [0.15, 0.2) is 0 Å². The Balaban J connectivity index is 1.95. The summed E-state index contributed by atoms with van der Waals surface area (Å²) in [5, 5.41) is 3.74. The fraction of sp³-hybridized carbons (Fsp3) is 1.00. The second kappa shape index (κ2) is 10.1. The molecular weight excluding hydrogens is 240 g/mol. The summed E-state index contributed by atoms with van der Waals surface area (Å²) < 4.78 is 0. The molecule has 3 heteroatoms. The highest BCUT2D eigenvalue weighted by molar-refractivity contribution is 7.98. The highest BCUT2D eigenvalue weighted by atomic mass is 32.2. The molecule has 0 spiro atoms. The van der Waals surface area contributed by atoms with Gasteiger partial charge in [-0.3, -0.25) is 0 Å². The van der Waals surface area contributed by atoms with Gasteiger partial charge in [0.25, 0.3) is 0 Å². The van der Waals surface area contributed by atoms with Gasteiger partial charge in [0.2, 0.25) is 0 Å². The lowest BCUT2D eigenvalue weighted by Crippen LogP contribution is -2.43. The topological polar surface area (TPSA) is 15.3 Å². The molecule has 1 aliphatic rings. The predicted molar refractivity (Wildman–Crippen MR) is 84.5 cm³/mol. The molecule has 18 heavy (non-hydrogen) atoms. The van der Waals surface area contributed by atoms with Gasteiger partial charge in [0, 0.05) is 12.6 Å². The van der Waals surface area contributed by atoms with Crippen molar-refractivity contribution in [3.8, 4) is 0 Å². The van der Waals surface area contributed by atoms with Crippen molar-refractivity contribution in [3.05, 3.63) is 0 Å². The second-order valence-corrected chi connectivity index (χ2v) is 6.96. The minimum Gasteiger partial charge on any atom is -0.314 e. The van der Waals surface area contributed by atoms with Gasteiger partial charge in [-0.15, -0.1) is 0 Å². The van der Waals surface area contributed by atoms with Crippen molar-refractivity contribution in [1.82, 2.24) is 10.2 Å². The lowest BCUT2D eigenvalue weighted by Gasteiger charge is -2.33. The van der Waals surface area contributed by atoms with E-state index in [1.165, 1.54) is 64.0 Å². The molecule has 0 radical (unpaired) electrons. The molecule has 1 fully saturated rings. The Labute approximate surface area is 118 Å². The zero-order chi connectivity index (χ0) is 13.2. The van der Waals surface area contributed by atoms with Crippen LogP contribution in [0.1, 0.15) is 46.0 Å². The van der Waals surface area contributed by atoms with E-state index in [4.69, 9.17) is 0 Å². The van der Waals surface area contributed by atoms with E-state index in [2.05, 4.69) is 30.3 Å². The Kier molecular flexibility index (Phi) is 9.16. The van der Waals surface area contributed by atoms with E-state index >= 15 is 0 Å². The van der Waals surface area contributed by atoms with E-state index in [-0.39, 0.29) is 0 Å². The van der Waals surface area contributed by atoms with Gasteiger partial charge >= 0.3 is 0 Å². The number of nitrogens with one attached hydrogen (secondary N) is 1. The third-order valence-electron chi connectivity index (χ3n) is 3.67. The van der Waals surface area contributed by atoms with Crippen LogP contribution >= 0.6 is 11.8 Å². The van der Waals surface area contributed by atoms with Crippen molar-refractivity contribution in [1.29, 1.82) is 0 Å². The van der Waals surface area contributed by atoms with Crippen molar-refractivity contribution in [2.24, 2.45) is 5.92 Å². The molecule has 1 rings (SSSR count). The molecule has 0 amide bonds. The number of piperidine rings is 1. The minimum absolute atomic E-state index is 0.786. The van der Waals surface area contributed by atoms with Crippen LogP contribution in [0.3, 0.4) is 0 Å². The normalized spacial score (nSPS) is 18.7. The molecule has 1 heterocycles. The van der Waals surface area contributed by atoms with Gasteiger partial charge in [-0.05, 0) is 63.2 Å². The highest BCUT2D eigenvalue weighted by Gasteiger charge is 2.18. The molecule has 0 saturated carbocycles. The first kappa shape index (κ1) is 16.3. The van der Waals surface area contributed by atoms with Gasteiger partial charge in [0.05, 0.1) is 0 Å². The summed E-state index contributed by atoms with van der Waals surface area (Å²) in [5.41, 5.74) is 0. The fourth-order valence-electron chi connectivity index (χ4n) is 2.69. The monoisotopic (exact) mass is 272 g/mol. The number of unbranched alkanes of at least 4 members (excludes halogenated alkanes) is 2. The Bertz CT molecular complexity index is 189. The van der Waals surface area contributed by atoms with Crippen molar-refractivity contribution in [3.63, 3.8) is 0 Å². The summed E-state index contributed by atoms with van der Waals surface area (Å²) in [4.78, 5) is 2.63. The van der Waals surface area contributed by atoms with Crippen LogP contribution in [0.2, 0.25) is 0 Å². The zero-order valence-electron chi connectivity index (χ0n) is 12.6. The van der Waals surface area contributed by atoms with Gasteiger partial charge in [-0.1, -0.05) is 20.3 Å². The fourth-order valence-corrected chi connectivity index (χ4v) is 3.18. The van der Waals surface area contributed by atoms with Crippen LogP contribution in [0.4, 0.5) is 0 Å². The standard InChI is InChI=1S/C15H32N2S/c1-14(2)13-17-10-7-15(8-11-17)16-9-5-4-6-12-18-3/h14-16H,4-13H2,1-3H3. The quantitative estimate of drug-likeness (QED) is 0.649. The summed E-state index contributed by atoms with van der Waals surface area (Å²) in [6, 6.07) is 0.786. The summed E-state index contributed by atoms with van der Waals surface area (Å²) in [5.74, 6) is 2.14. The molecule has 0 unspecified atom stereocenters. The van der Waals surface area contributed by atoms with Gasteiger partial charge in [-0.2, -0.15) is 11.8 Å². The SMILES string of the molecule is CSCCCCCNC1CCN(CC(C)C)CC1. The van der Waals surface area contributed by atoms with Crippen molar-refractivity contribution >= 4 is 11.8 Å². The Morgan fingerprint density at radius 2 is 1.89 bits per heavy atom. The number of likely N-dealkylation sites (tertiary alicyclic amines) is 1. The summed E-state index contributed by atoms with van der Waals surface area (Å²) in [6.07, 6.45) is 9.01. The molecule has 1 saturated heterocycles. The van der Waals surface area contributed by atoms with Crippen LogP contribution in [-0.2, 0) is 0 Å². The van der Waals surface area contributed by atoms with Crippen LogP contribution in [0, 0.1) is 5.92 Å². The van der Waals surface area contributed by atoms with E-state index in [0.29, 0.717) is 0 Å². The van der Waals surface area contributed by atoms with E-state index in [1.807, 2.05) is 11.8 Å². The molecule has 0 aromatic heterocycles. The Hall–Kier alpha value is 0.270. The van der Waals surface area contributed by atoms with E-state index in [0.717, 1.165) is 12.0 Å². The average Bonchev–Trinajstić information content (AvgIpc) is 2.35. The van der Waals surface area contributed by atoms with Crippen LogP contribution in [0.25, 0.3) is 0 Å². The molecule has 0 aromatic carbocycles. The predicted octanol–water partition coefficient (Wildman–Crippen LogP) is 3.23. The number of hydrogen-bond donors (Lipinski definition) is 1. The molecular formula is C15H32N2S. The lowest BCUT2D eigenvalue weighted by atomic mass is 10.0. The minimum atomic E-state index is 0.786. The number of rotatable bonds is 9. The lowest BCUT2D eigenvalue weighted by molar-refractivity contribution is 0.180. The Morgan fingerprint density at radius 3 is 2.50 bits per heavy atom. The maximum atomic E-state index is 3.74. The molecule has 0 aliphatic carbocycles. The van der Waals surface area contributed by atoms with E-state index in [1.54, 1.807) is 0 Å². The first-order valence-electron chi connectivity index (χ1n) is 7.67. The first-order valence-corrected chi connectivity index (χ1v) is 9.06. The molecule has 0 aromatic rings. The molecule has 2 nitrogen and oxygen atoms in total.